The van der Waals surface area contributed by atoms with Crippen molar-refractivity contribution < 1.29 is 9.53 Å². The van der Waals surface area contributed by atoms with Crippen molar-refractivity contribution in [3.05, 3.63) is 12.2 Å². The highest BCUT2D eigenvalue weighted by Gasteiger charge is 2.39. The molecule has 1 rings (SSSR count). The summed E-state index contributed by atoms with van der Waals surface area (Å²) in [6, 6.07) is 0. The molecule has 0 aromatic carbocycles. The lowest BCUT2D eigenvalue weighted by Crippen LogP contribution is -2.44. The number of hydrogen-bond acceptors (Lipinski definition) is 2. The van der Waals surface area contributed by atoms with Gasteiger partial charge in [-0.15, -0.1) is 0 Å². The highest BCUT2D eigenvalue weighted by atomic mass is 28.4. The van der Waals surface area contributed by atoms with E-state index in [9.17, 15) is 5.11 Å². The molecule has 1 N–H and O–H groups in total. The molecule has 0 aromatic rings. The third-order valence-corrected chi connectivity index (χ3v) is 8.31. The van der Waals surface area contributed by atoms with Crippen molar-refractivity contribution in [2.45, 2.75) is 70.4 Å². The molecule has 0 spiro atoms. The molecule has 0 bridgehead atoms. The zero-order valence-electron chi connectivity index (χ0n) is 11.3. The van der Waals surface area contributed by atoms with E-state index in [1.54, 1.807) is 0 Å². The van der Waals surface area contributed by atoms with Crippen LogP contribution in [0.25, 0.3) is 0 Å². The van der Waals surface area contributed by atoms with Crippen LogP contribution >= 0.6 is 0 Å². The van der Waals surface area contributed by atoms with E-state index in [0.29, 0.717) is 0 Å². The van der Waals surface area contributed by atoms with Crippen LogP contribution in [0.3, 0.4) is 0 Å². The maximum Gasteiger partial charge on any atom is 0.192 e. The van der Waals surface area contributed by atoms with Crippen LogP contribution in [0.5, 0.6) is 0 Å². The summed E-state index contributed by atoms with van der Waals surface area (Å²) < 4.78 is 6.32. The van der Waals surface area contributed by atoms with Crippen LogP contribution in [-0.4, -0.2) is 25.6 Å². The Bertz CT molecular complexity index is 253. The summed E-state index contributed by atoms with van der Waals surface area (Å²) in [7, 11) is -1.69. The lowest BCUT2D eigenvalue weighted by Gasteiger charge is -2.39. The molecule has 0 fully saturated rings. The molecule has 0 aliphatic heterocycles. The molecule has 1 aliphatic carbocycles. The number of rotatable bonds is 2. The molecule has 0 heterocycles. The molecule has 0 radical (unpaired) electrons. The molecule has 0 saturated carbocycles. The van der Waals surface area contributed by atoms with E-state index in [1.807, 2.05) is 0 Å². The minimum absolute atomic E-state index is 0.203. The maximum atomic E-state index is 9.74. The summed E-state index contributed by atoms with van der Waals surface area (Å²) in [4.78, 5) is 0. The number of aliphatic hydroxyl groups excluding tert-OH is 1. The van der Waals surface area contributed by atoms with Crippen LogP contribution in [-0.2, 0) is 4.43 Å². The number of hydrogen-bond donors (Lipinski definition) is 1. The Kier molecular flexibility index (Phi) is 4.38. The van der Waals surface area contributed by atoms with Crippen LogP contribution in [0, 0.1) is 0 Å². The molecule has 0 saturated heterocycles. The van der Waals surface area contributed by atoms with Crippen LogP contribution in [0.1, 0.15) is 40.0 Å². The molecule has 2 nitrogen and oxygen atoms in total. The topological polar surface area (TPSA) is 29.5 Å². The first-order valence-corrected chi connectivity index (χ1v) is 9.14. The first-order chi connectivity index (χ1) is 7.22. The molecule has 0 amide bonds. The highest BCUT2D eigenvalue weighted by molar-refractivity contribution is 6.74. The Balaban J connectivity index is 2.62. The van der Waals surface area contributed by atoms with Gasteiger partial charge in [-0.2, -0.15) is 0 Å². The summed E-state index contributed by atoms with van der Waals surface area (Å²) in [5.41, 5.74) is 0. The monoisotopic (exact) mass is 242 g/mol. The van der Waals surface area contributed by atoms with E-state index in [2.05, 4.69) is 46.0 Å². The highest BCUT2D eigenvalue weighted by Crippen LogP contribution is 2.38. The minimum Gasteiger partial charge on any atom is -0.414 e. The smallest absolute Gasteiger partial charge is 0.192 e. The van der Waals surface area contributed by atoms with E-state index < -0.39 is 8.32 Å². The van der Waals surface area contributed by atoms with Crippen molar-refractivity contribution in [3.8, 4) is 0 Å². The van der Waals surface area contributed by atoms with Crippen LogP contribution < -0.4 is 0 Å². The van der Waals surface area contributed by atoms with Gasteiger partial charge in [-0.3, -0.25) is 0 Å². The fourth-order valence-corrected chi connectivity index (χ4v) is 3.07. The fraction of sp³-hybridized carbons (Fsp3) is 0.846. The molecule has 0 aromatic heterocycles. The zero-order chi connectivity index (χ0) is 12.4. The van der Waals surface area contributed by atoms with Crippen molar-refractivity contribution >= 4 is 8.32 Å². The Morgan fingerprint density at radius 2 is 1.75 bits per heavy atom. The van der Waals surface area contributed by atoms with Crippen molar-refractivity contribution in [2.24, 2.45) is 0 Å². The van der Waals surface area contributed by atoms with Crippen LogP contribution in [0.4, 0.5) is 0 Å². The first-order valence-electron chi connectivity index (χ1n) is 6.23. The average molecular weight is 242 g/mol. The molecule has 2 atom stereocenters. The lowest BCUT2D eigenvalue weighted by molar-refractivity contribution is 0.0934. The quantitative estimate of drug-likeness (QED) is 0.593. The van der Waals surface area contributed by atoms with Gasteiger partial charge in [0.2, 0.25) is 0 Å². The Labute approximate surface area is 101 Å². The van der Waals surface area contributed by atoms with Crippen molar-refractivity contribution in [1.82, 2.24) is 0 Å². The number of aliphatic hydroxyl groups is 1. The lowest BCUT2D eigenvalue weighted by atomic mass is 10.1. The van der Waals surface area contributed by atoms with E-state index in [-0.39, 0.29) is 17.2 Å². The van der Waals surface area contributed by atoms with E-state index in [0.717, 1.165) is 19.3 Å². The van der Waals surface area contributed by atoms with Gasteiger partial charge in [0, 0.05) is 0 Å². The third-order valence-electron chi connectivity index (χ3n) is 3.78. The van der Waals surface area contributed by atoms with Crippen LogP contribution in [0.2, 0.25) is 18.1 Å². The van der Waals surface area contributed by atoms with E-state index in [4.69, 9.17) is 4.43 Å². The SMILES string of the molecule is CC(C)(C)[Si](C)(C)O[C@@H]1CC=CC[C@H](O)C1. The van der Waals surface area contributed by atoms with Crippen molar-refractivity contribution in [1.29, 1.82) is 0 Å². The maximum absolute atomic E-state index is 9.74. The molecule has 3 heteroatoms. The zero-order valence-corrected chi connectivity index (χ0v) is 12.3. The summed E-state index contributed by atoms with van der Waals surface area (Å²) >= 11 is 0. The molecular formula is C13H26O2Si. The van der Waals surface area contributed by atoms with Gasteiger partial charge in [0.1, 0.15) is 0 Å². The normalized spacial score (nSPS) is 27.9. The fourth-order valence-electron chi connectivity index (χ4n) is 1.69. The largest absolute Gasteiger partial charge is 0.414 e. The predicted molar refractivity (Wildman–Crippen MR) is 71.1 cm³/mol. The van der Waals surface area contributed by atoms with Gasteiger partial charge in [-0.25, -0.2) is 0 Å². The van der Waals surface area contributed by atoms with Gasteiger partial charge < -0.3 is 9.53 Å². The summed E-state index contributed by atoms with van der Waals surface area (Å²) in [6.07, 6.45) is 6.69. The van der Waals surface area contributed by atoms with Gasteiger partial charge in [0.25, 0.3) is 0 Å². The average Bonchev–Trinajstić information content (AvgIpc) is 2.27. The molecule has 16 heavy (non-hydrogen) atoms. The van der Waals surface area contributed by atoms with Crippen molar-refractivity contribution in [3.63, 3.8) is 0 Å². The second-order valence-electron chi connectivity index (χ2n) is 6.33. The van der Waals surface area contributed by atoms with Gasteiger partial charge >= 0.3 is 0 Å². The van der Waals surface area contributed by atoms with E-state index >= 15 is 0 Å². The van der Waals surface area contributed by atoms with E-state index in [1.165, 1.54) is 0 Å². The van der Waals surface area contributed by atoms with Crippen molar-refractivity contribution in [2.75, 3.05) is 0 Å². The molecular weight excluding hydrogens is 216 g/mol. The summed E-state index contributed by atoms with van der Waals surface area (Å²) in [5, 5.41) is 9.99. The molecule has 94 valence electrons. The van der Waals surface area contributed by atoms with Gasteiger partial charge in [-0.05, 0) is 37.4 Å². The van der Waals surface area contributed by atoms with Gasteiger partial charge in [-0.1, -0.05) is 32.9 Å². The standard InChI is InChI=1S/C13H26O2Si/c1-13(2,3)16(4,5)15-12-9-7-6-8-11(14)10-12/h6-7,11-12,14H,8-10H2,1-5H3/t11-,12+/m0/s1. The minimum atomic E-state index is -1.69. The third kappa shape index (κ3) is 3.72. The molecule has 0 unspecified atom stereocenters. The van der Waals surface area contributed by atoms with Gasteiger partial charge in [0.05, 0.1) is 12.2 Å². The second kappa shape index (κ2) is 5.03. The summed E-state index contributed by atoms with van der Waals surface area (Å²) in [6.45, 7) is 11.3. The molecule has 1 aliphatic rings. The Morgan fingerprint density at radius 1 is 1.19 bits per heavy atom. The second-order valence-corrected chi connectivity index (χ2v) is 11.1. The Hall–Kier alpha value is -0.123. The Morgan fingerprint density at radius 3 is 2.31 bits per heavy atom. The summed E-state index contributed by atoms with van der Waals surface area (Å²) in [5.74, 6) is 0. The first kappa shape index (κ1) is 13.9. The predicted octanol–water partition coefficient (Wildman–Crippen LogP) is 3.48. The van der Waals surface area contributed by atoms with Crippen LogP contribution in [0.15, 0.2) is 12.2 Å². The van der Waals surface area contributed by atoms with Gasteiger partial charge in [0.15, 0.2) is 8.32 Å².